The summed E-state index contributed by atoms with van der Waals surface area (Å²) in [5.41, 5.74) is 4.62. The van der Waals surface area contributed by atoms with E-state index < -0.39 is 0 Å². The van der Waals surface area contributed by atoms with Gasteiger partial charge in [0.05, 0.1) is 0 Å². The van der Waals surface area contributed by atoms with Crippen LogP contribution in [0.2, 0.25) is 0 Å². The van der Waals surface area contributed by atoms with Gasteiger partial charge in [-0.15, -0.1) is 0 Å². The molecule has 0 radical (unpaired) electrons. The molecule has 4 nitrogen and oxygen atoms in total. The van der Waals surface area contributed by atoms with E-state index >= 15 is 0 Å². The SMILES string of the molecule is Cc1ccc(O)c(C2CCC(=O)CC2)c1.Cc1ccc(O)c(C2CCC(N3CCC(C)C3)CC2)c1. The molecule has 0 amide bonds. The van der Waals surface area contributed by atoms with Gasteiger partial charge in [0.2, 0.25) is 0 Å². The van der Waals surface area contributed by atoms with Gasteiger partial charge >= 0.3 is 0 Å². The maximum absolute atomic E-state index is 11.1. The first-order valence-corrected chi connectivity index (χ1v) is 13.6. The van der Waals surface area contributed by atoms with Crippen LogP contribution in [0.3, 0.4) is 0 Å². The number of carbonyl (C=O) groups excluding carboxylic acids is 1. The van der Waals surface area contributed by atoms with Gasteiger partial charge in [0.1, 0.15) is 17.3 Å². The molecule has 2 aliphatic carbocycles. The highest BCUT2D eigenvalue weighted by atomic mass is 16.3. The van der Waals surface area contributed by atoms with Crippen LogP contribution in [0.15, 0.2) is 36.4 Å². The van der Waals surface area contributed by atoms with Gasteiger partial charge in [-0.05, 0) is 106 Å². The molecule has 2 aromatic carbocycles. The molecule has 1 saturated heterocycles. The average Bonchev–Trinajstić information content (AvgIpc) is 3.29. The smallest absolute Gasteiger partial charge is 0.132 e. The zero-order valence-electron chi connectivity index (χ0n) is 21.8. The van der Waals surface area contributed by atoms with Crippen molar-refractivity contribution in [1.29, 1.82) is 0 Å². The minimum atomic E-state index is 0.360. The van der Waals surface area contributed by atoms with E-state index in [9.17, 15) is 15.0 Å². The fraction of sp³-hybridized carbons (Fsp3) is 0.581. The second-order valence-corrected chi connectivity index (χ2v) is 11.3. The number of phenolic OH excluding ortho intramolecular Hbond substituents is 2. The van der Waals surface area contributed by atoms with Crippen molar-refractivity contribution in [3.8, 4) is 11.5 Å². The van der Waals surface area contributed by atoms with Gasteiger partial charge in [-0.25, -0.2) is 0 Å². The predicted molar refractivity (Wildman–Crippen MR) is 142 cm³/mol. The number of Topliss-reactive ketones (excluding diaryl/α,β-unsaturated/α-hetero) is 1. The lowest BCUT2D eigenvalue weighted by atomic mass is 9.80. The molecule has 4 heteroatoms. The minimum absolute atomic E-state index is 0.360. The number of ketones is 1. The Morgan fingerprint density at radius 3 is 1.74 bits per heavy atom. The van der Waals surface area contributed by atoms with E-state index in [0.717, 1.165) is 30.4 Å². The lowest BCUT2D eigenvalue weighted by Crippen LogP contribution is -2.36. The first-order valence-electron chi connectivity index (χ1n) is 13.6. The predicted octanol–water partition coefficient (Wildman–Crippen LogP) is 7.00. The number of phenols is 2. The molecule has 3 aliphatic rings. The number of rotatable bonds is 3. The number of aryl methyl sites for hydroxylation is 2. The quantitative estimate of drug-likeness (QED) is 0.500. The summed E-state index contributed by atoms with van der Waals surface area (Å²) >= 11 is 0. The Hall–Kier alpha value is -2.33. The maximum Gasteiger partial charge on any atom is 0.132 e. The van der Waals surface area contributed by atoms with E-state index in [1.165, 1.54) is 61.9 Å². The van der Waals surface area contributed by atoms with Crippen LogP contribution in [0.5, 0.6) is 11.5 Å². The van der Waals surface area contributed by atoms with Crippen LogP contribution >= 0.6 is 0 Å². The molecule has 2 aromatic rings. The standard InChI is InChI=1S/C18H27NO.C13H16O2/c1-13-3-8-18(20)17(11-13)15-4-6-16(7-5-15)19-10-9-14(2)12-19;1-9-2-7-13(15)12(8-9)10-3-5-11(14)6-4-10/h3,8,11,14-16,20H,4-7,9-10,12H2,1-2H3;2,7-8,10,15H,3-6H2,1H3. The van der Waals surface area contributed by atoms with Gasteiger partial charge in [0, 0.05) is 25.4 Å². The molecule has 0 spiro atoms. The Bertz CT molecular complexity index is 998. The molecule has 1 unspecified atom stereocenters. The van der Waals surface area contributed by atoms with Gasteiger partial charge in [-0.2, -0.15) is 0 Å². The van der Waals surface area contributed by atoms with E-state index in [1.54, 1.807) is 6.07 Å². The fourth-order valence-corrected chi connectivity index (χ4v) is 6.31. The van der Waals surface area contributed by atoms with Gasteiger partial charge in [0.15, 0.2) is 0 Å². The van der Waals surface area contributed by atoms with Crippen LogP contribution in [0.1, 0.15) is 98.8 Å². The van der Waals surface area contributed by atoms with Crippen LogP contribution in [-0.4, -0.2) is 40.0 Å². The van der Waals surface area contributed by atoms with Crippen molar-refractivity contribution in [2.45, 2.75) is 96.4 Å². The van der Waals surface area contributed by atoms with Gasteiger partial charge in [-0.3, -0.25) is 4.79 Å². The van der Waals surface area contributed by atoms with Crippen molar-refractivity contribution >= 4 is 5.78 Å². The number of carbonyl (C=O) groups is 1. The molecular weight excluding hydrogens is 434 g/mol. The first kappa shape index (κ1) is 25.8. The van der Waals surface area contributed by atoms with E-state index in [-0.39, 0.29) is 0 Å². The third-order valence-electron chi connectivity index (χ3n) is 8.46. The van der Waals surface area contributed by atoms with Gasteiger partial charge < -0.3 is 15.1 Å². The molecule has 5 rings (SSSR count). The summed E-state index contributed by atoms with van der Waals surface area (Å²) < 4.78 is 0. The summed E-state index contributed by atoms with van der Waals surface area (Å²) in [5, 5.41) is 19.9. The number of hydrogen-bond donors (Lipinski definition) is 2. The topological polar surface area (TPSA) is 60.8 Å². The summed E-state index contributed by atoms with van der Waals surface area (Å²) in [6.07, 6.45) is 9.52. The summed E-state index contributed by atoms with van der Waals surface area (Å²) in [7, 11) is 0. The number of benzene rings is 2. The molecule has 1 atom stereocenters. The lowest BCUT2D eigenvalue weighted by molar-refractivity contribution is -0.120. The third-order valence-corrected chi connectivity index (χ3v) is 8.46. The van der Waals surface area contributed by atoms with Crippen molar-refractivity contribution < 1.29 is 15.0 Å². The number of likely N-dealkylation sites (tertiary alicyclic amines) is 1. The highest BCUT2D eigenvalue weighted by molar-refractivity contribution is 5.79. The molecule has 1 aliphatic heterocycles. The Balaban J connectivity index is 0.000000172. The lowest BCUT2D eigenvalue weighted by Gasteiger charge is -2.35. The van der Waals surface area contributed by atoms with Crippen molar-refractivity contribution in [2.75, 3.05) is 13.1 Å². The fourth-order valence-electron chi connectivity index (χ4n) is 6.31. The van der Waals surface area contributed by atoms with E-state index in [2.05, 4.69) is 24.8 Å². The van der Waals surface area contributed by atoms with E-state index in [1.807, 2.05) is 31.2 Å². The molecule has 2 N–H and O–H groups in total. The van der Waals surface area contributed by atoms with Crippen molar-refractivity contribution in [3.63, 3.8) is 0 Å². The zero-order chi connectivity index (χ0) is 24.9. The molecule has 3 fully saturated rings. The van der Waals surface area contributed by atoms with E-state index in [4.69, 9.17) is 0 Å². The van der Waals surface area contributed by atoms with Gasteiger partial charge in [0.25, 0.3) is 0 Å². The molecule has 0 bridgehead atoms. The molecule has 190 valence electrons. The zero-order valence-corrected chi connectivity index (χ0v) is 21.8. The summed E-state index contributed by atoms with van der Waals surface area (Å²) in [5.74, 6) is 3.04. The average molecular weight is 478 g/mol. The van der Waals surface area contributed by atoms with Crippen molar-refractivity contribution in [2.24, 2.45) is 5.92 Å². The van der Waals surface area contributed by atoms with Crippen LogP contribution in [0.25, 0.3) is 0 Å². The van der Waals surface area contributed by atoms with Crippen molar-refractivity contribution in [1.82, 2.24) is 4.90 Å². The monoisotopic (exact) mass is 477 g/mol. The molecule has 35 heavy (non-hydrogen) atoms. The summed E-state index contributed by atoms with van der Waals surface area (Å²) in [6, 6.07) is 12.5. The maximum atomic E-state index is 11.1. The number of nitrogens with zero attached hydrogens (tertiary/aromatic N) is 1. The molecule has 0 aromatic heterocycles. The number of aromatic hydroxyl groups is 2. The summed E-state index contributed by atoms with van der Waals surface area (Å²) in [4.78, 5) is 13.8. The Morgan fingerprint density at radius 2 is 1.26 bits per heavy atom. The minimum Gasteiger partial charge on any atom is -0.508 e. The van der Waals surface area contributed by atoms with Crippen LogP contribution in [0.4, 0.5) is 0 Å². The third kappa shape index (κ3) is 6.67. The van der Waals surface area contributed by atoms with Crippen LogP contribution < -0.4 is 0 Å². The molecule has 2 saturated carbocycles. The molecular formula is C31H43NO3. The summed E-state index contributed by atoms with van der Waals surface area (Å²) in [6.45, 7) is 9.10. The Labute approximate surface area is 211 Å². The molecule has 1 heterocycles. The highest BCUT2D eigenvalue weighted by Crippen LogP contribution is 2.40. The highest BCUT2D eigenvalue weighted by Gasteiger charge is 2.31. The van der Waals surface area contributed by atoms with Gasteiger partial charge in [-0.1, -0.05) is 42.3 Å². The second kappa shape index (κ2) is 11.6. The van der Waals surface area contributed by atoms with Crippen molar-refractivity contribution in [3.05, 3.63) is 58.7 Å². The Morgan fingerprint density at radius 1 is 0.743 bits per heavy atom. The van der Waals surface area contributed by atoms with Crippen LogP contribution in [-0.2, 0) is 4.79 Å². The normalized spacial score (nSPS) is 25.8. The first-order chi connectivity index (χ1) is 16.8. The largest absolute Gasteiger partial charge is 0.508 e. The van der Waals surface area contributed by atoms with Crippen LogP contribution in [0, 0.1) is 19.8 Å². The Kier molecular flexibility index (Phi) is 8.54. The second-order valence-electron chi connectivity index (χ2n) is 11.3. The number of hydrogen-bond acceptors (Lipinski definition) is 4. The van der Waals surface area contributed by atoms with E-state index in [0.29, 0.717) is 42.0 Å².